The number of benzene rings is 1. The average Bonchev–Trinajstić information content (AvgIpc) is 3.02. The maximum absolute atomic E-state index is 13.2. The van der Waals surface area contributed by atoms with Crippen LogP contribution in [0.25, 0.3) is 0 Å². The van der Waals surface area contributed by atoms with Gasteiger partial charge in [0.2, 0.25) is 5.91 Å². The monoisotopic (exact) mass is 344 g/mol. The number of carbonyl (C=O) groups is 1. The third kappa shape index (κ3) is 3.99. The Morgan fingerprint density at radius 3 is 2.62 bits per heavy atom. The quantitative estimate of drug-likeness (QED) is 0.834. The molecule has 0 bridgehead atoms. The summed E-state index contributed by atoms with van der Waals surface area (Å²) in [5.41, 5.74) is 2.13. The standard InChI is InChI=1S/C18H24N4OS/c1-20(13-15-12-19-21(2)14-15)18(23)17(16-6-4-3-5-7-16)22-8-10-24-11-9-22/h3-7,12,14,17H,8-11,13H2,1-2H3/t17-/m0/s1. The van der Waals surface area contributed by atoms with Gasteiger partial charge in [0.15, 0.2) is 0 Å². The molecule has 2 aromatic rings. The first-order chi connectivity index (χ1) is 11.6. The predicted octanol–water partition coefficient (Wildman–Crippen LogP) is 2.17. The van der Waals surface area contributed by atoms with Crippen LogP contribution in [0.5, 0.6) is 0 Å². The Labute approximate surface area is 147 Å². The maximum Gasteiger partial charge on any atom is 0.244 e. The molecule has 1 amide bonds. The molecule has 6 heteroatoms. The molecule has 1 saturated heterocycles. The van der Waals surface area contributed by atoms with E-state index in [-0.39, 0.29) is 11.9 Å². The Morgan fingerprint density at radius 2 is 2.00 bits per heavy atom. The summed E-state index contributed by atoms with van der Waals surface area (Å²) in [6.07, 6.45) is 3.78. The lowest BCUT2D eigenvalue weighted by molar-refractivity contribution is -0.136. The van der Waals surface area contributed by atoms with E-state index in [1.165, 1.54) is 0 Å². The van der Waals surface area contributed by atoms with Gasteiger partial charge in [0.1, 0.15) is 6.04 Å². The van der Waals surface area contributed by atoms with Crippen LogP contribution in [-0.4, -0.2) is 57.1 Å². The summed E-state index contributed by atoms with van der Waals surface area (Å²) in [4.78, 5) is 17.3. The van der Waals surface area contributed by atoms with Gasteiger partial charge < -0.3 is 4.90 Å². The minimum absolute atomic E-state index is 0.150. The van der Waals surface area contributed by atoms with Crippen LogP contribution in [0, 0.1) is 0 Å². The highest BCUT2D eigenvalue weighted by molar-refractivity contribution is 7.99. The molecule has 1 fully saturated rings. The summed E-state index contributed by atoms with van der Waals surface area (Å²) in [6, 6.07) is 9.93. The van der Waals surface area contributed by atoms with Crippen molar-refractivity contribution in [3.8, 4) is 0 Å². The zero-order chi connectivity index (χ0) is 16.9. The summed E-state index contributed by atoms with van der Waals surface area (Å²) in [5, 5.41) is 4.19. The van der Waals surface area contributed by atoms with Gasteiger partial charge >= 0.3 is 0 Å². The van der Waals surface area contributed by atoms with E-state index in [1.807, 2.05) is 61.3 Å². The summed E-state index contributed by atoms with van der Waals surface area (Å²) in [7, 11) is 3.77. The van der Waals surface area contributed by atoms with Gasteiger partial charge in [-0.2, -0.15) is 16.9 Å². The lowest BCUT2D eigenvalue weighted by Crippen LogP contribution is -2.44. The molecule has 1 aliphatic rings. The Kier molecular flexibility index (Phi) is 5.58. The van der Waals surface area contributed by atoms with E-state index in [9.17, 15) is 4.79 Å². The van der Waals surface area contributed by atoms with Crippen molar-refractivity contribution < 1.29 is 4.79 Å². The number of carbonyl (C=O) groups excluding carboxylic acids is 1. The van der Waals surface area contributed by atoms with Crippen molar-refractivity contribution >= 4 is 17.7 Å². The Hall–Kier alpha value is -1.79. The largest absolute Gasteiger partial charge is 0.340 e. The van der Waals surface area contributed by atoms with Gasteiger partial charge in [0.25, 0.3) is 0 Å². The van der Waals surface area contributed by atoms with E-state index < -0.39 is 0 Å². The van der Waals surface area contributed by atoms with Crippen LogP contribution >= 0.6 is 11.8 Å². The van der Waals surface area contributed by atoms with Gasteiger partial charge in [0, 0.05) is 57.0 Å². The lowest BCUT2D eigenvalue weighted by Gasteiger charge is -2.35. The molecule has 24 heavy (non-hydrogen) atoms. The molecule has 0 N–H and O–H groups in total. The zero-order valence-electron chi connectivity index (χ0n) is 14.3. The topological polar surface area (TPSA) is 41.4 Å². The van der Waals surface area contributed by atoms with Gasteiger partial charge in [-0.05, 0) is 5.56 Å². The second-order valence-electron chi connectivity index (χ2n) is 6.18. The maximum atomic E-state index is 13.2. The molecular formula is C18H24N4OS. The third-order valence-electron chi connectivity index (χ3n) is 4.31. The third-order valence-corrected chi connectivity index (χ3v) is 5.26. The van der Waals surface area contributed by atoms with Crippen molar-refractivity contribution in [2.24, 2.45) is 7.05 Å². The Morgan fingerprint density at radius 1 is 1.29 bits per heavy atom. The molecular weight excluding hydrogens is 320 g/mol. The smallest absolute Gasteiger partial charge is 0.244 e. The van der Waals surface area contributed by atoms with Gasteiger partial charge in [-0.3, -0.25) is 14.4 Å². The Bertz CT molecular complexity index is 667. The van der Waals surface area contributed by atoms with Crippen LogP contribution in [0.3, 0.4) is 0 Å². The van der Waals surface area contributed by atoms with Gasteiger partial charge in [0.05, 0.1) is 6.20 Å². The molecule has 3 rings (SSSR count). The van der Waals surface area contributed by atoms with Gasteiger partial charge in [-0.1, -0.05) is 30.3 Å². The van der Waals surface area contributed by atoms with Crippen LogP contribution in [0.1, 0.15) is 17.2 Å². The highest BCUT2D eigenvalue weighted by Gasteiger charge is 2.31. The zero-order valence-corrected chi connectivity index (χ0v) is 15.1. The molecule has 128 valence electrons. The first kappa shape index (κ1) is 17.0. The first-order valence-electron chi connectivity index (χ1n) is 8.24. The number of likely N-dealkylation sites (N-methyl/N-ethyl adjacent to an activating group) is 1. The lowest BCUT2D eigenvalue weighted by atomic mass is 10.0. The second kappa shape index (κ2) is 7.85. The minimum atomic E-state index is -0.200. The first-order valence-corrected chi connectivity index (χ1v) is 9.40. The SMILES string of the molecule is CN(Cc1cnn(C)c1)C(=O)[C@H](c1ccccc1)N1CCSCC1. The number of thioether (sulfide) groups is 1. The summed E-state index contributed by atoms with van der Waals surface area (Å²) >= 11 is 1.96. The van der Waals surface area contributed by atoms with Crippen molar-refractivity contribution in [2.75, 3.05) is 31.6 Å². The Balaban J connectivity index is 1.79. The average molecular weight is 344 g/mol. The molecule has 5 nitrogen and oxygen atoms in total. The summed E-state index contributed by atoms with van der Waals surface area (Å²) in [6.45, 7) is 2.49. The van der Waals surface area contributed by atoms with Crippen LogP contribution in [0.2, 0.25) is 0 Å². The fourth-order valence-corrected chi connectivity index (χ4v) is 4.03. The van der Waals surface area contributed by atoms with Crippen molar-refractivity contribution in [2.45, 2.75) is 12.6 Å². The molecule has 0 spiro atoms. The second-order valence-corrected chi connectivity index (χ2v) is 7.40. The summed E-state index contributed by atoms with van der Waals surface area (Å²) in [5.74, 6) is 2.32. The molecule has 0 saturated carbocycles. The number of hydrogen-bond acceptors (Lipinski definition) is 4. The van der Waals surface area contributed by atoms with E-state index >= 15 is 0 Å². The number of aryl methyl sites for hydroxylation is 1. The van der Waals surface area contributed by atoms with Gasteiger partial charge in [-0.15, -0.1) is 0 Å². The molecule has 1 aromatic carbocycles. The molecule has 1 atom stereocenters. The van der Waals surface area contributed by atoms with Crippen molar-refractivity contribution in [1.29, 1.82) is 0 Å². The number of amides is 1. The van der Waals surface area contributed by atoms with Crippen molar-refractivity contribution in [3.05, 3.63) is 53.9 Å². The van der Waals surface area contributed by atoms with Crippen LogP contribution in [0.15, 0.2) is 42.7 Å². The summed E-state index contributed by atoms with van der Waals surface area (Å²) < 4.78 is 1.77. The fourth-order valence-electron chi connectivity index (χ4n) is 3.09. The molecule has 0 aliphatic carbocycles. The highest BCUT2D eigenvalue weighted by Crippen LogP contribution is 2.26. The van der Waals surface area contributed by atoms with Crippen molar-refractivity contribution in [1.82, 2.24) is 19.6 Å². The van der Waals surface area contributed by atoms with Gasteiger partial charge in [-0.25, -0.2) is 0 Å². The highest BCUT2D eigenvalue weighted by atomic mass is 32.2. The number of rotatable bonds is 5. The van der Waals surface area contributed by atoms with E-state index in [1.54, 1.807) is 4.68 Å². The molecule has 1 aliphatic heterocycles. The number of nitrogens with zero attached hydrogens (tertiary/aromatic N) is 4. The minimum Gasteiger partial charge on any atom is -0.340 e. The molecule has 2 heterocycles. The molecule has 0 unspecified atom stereocenters. The fraction of sp³-hybridized carbons (Fsp3) is 0.444. The van der Waals surface area contributed by atoms with Crippen LogP contribution in [0.4, 0.5) is 0 Å². The van der Waals surface area contributed by atoms with Crippen LogP contribution < -0.4 is 0 Å². The molecule has 1 aromatic heterocycles. The number of hydrogen-bond donors (Lipinski definition) is 0. The van der Waals surface area contributed by atoms with Crippen LogP contribution in [-0.2, 0) is 18.4 Å². The number of aromatic nitrogens is 2. The van der Waals surface area contributed by atoms with E-state index in [0.717, 1.165) is 35.7 Å². The van der Waals surface area contributed by atoms with Crippen molar-refractivity contribution in [3.63, 3.8) is 0 Å². The molecule has 0 radical (unpaired) electrons. The van der Waals surface area contributed by atoms with E-state index in [2.05, 4.69) is 22.1 Å². The van der Waals surface area contributed by atoms with E-state index in [4.69, 9.17) is 0 Å². The predicted molar refractivity (Wildman–Crippen MR) is 97.8 cm³/mol. The normalized spacial score (nSPS) is 16.8. The van der Waals surface area contributed by atoms with E-state index in [0.29, 0.717) is 6.54 Å².